The number of nitrogens with zero attached hydrogens (tertiary/aromatic N) is 2. The maximum atomic E-state index is 10.6. The lowest BCUT2D eigenvalue weighted by Crippen LogP contribution is -2.04. The van der Waals surface area contributed by atoms with E-state index >= 15 is 0 Å². The molecular formula is C76H132BrN3O7. The molecule has 10 nitrogen and oxygen atoms in total. The van der Waals surface area contributed by atoms with Crippen LogP contribution in [0.15, 0.2) is 102 Å². The Morgan fingerprint density at radius 3 is 1.31 bits per heavy atom. The minimum Gasteiger partial charge on any atom is -0.508 e. The van der Waals surface area contributed by atoms with Crippen LogP contribution in [0.3, 0.4) is 0 Å². The van der Waals surface area contributed by atoms with E-state index in [4.69, 9.17) is 15.6 Å². The number of aryl methyl sites for hydroxylation is 3. The molecule has 2 aliphatic carbocycles. The average molecular weight is 1280 g/mol. The van der Waals surface area contributed by atoms with Gasteiger partial charge in [-0.05, 0) is 139 Å². The van der Waals surface area contributed by atoms with Crippen molar-refractivity contribution in [1.29, 1.82) is 5.41 Å². The van der Waals surface area contributed by atoms with Crippen molar-refractivity contribution < 1.29 is 25.2 Å². The molecule has 0 spiro atoms. The predicted molar refractivity (Wildman–Crippen MR) is 389 cm³/mol. The topological polar surface area (TPSA) is 171 Å². The fourth-order valence-electron chi connectivity index (χ4n) is 7.17. The Labute approximate surface area is 543 Å². The van der Waals surface area contributed by atoms with Crippen molar-refractivity contribution in [2.75, 3.05) is 6.61 Å². The summed E-state index contributed by atoms with van der Waals surface area (Å²) in [5.74, 6) is 6.09. The van der Waals surface area contributed by atoms with Gasteiger partial charge in [0.15, 0.2) is 0 Å². The lowest BCUT2D eigenvalue weighted by Gasteiger charge is -2.18. The second kappa shape index (κ2) is 66.8. The van der Waals surface area contributed by atoms with Crippen LogP contribution >= 0.6 is 15.9 Å². The normalized spacial score (nSPS) is 12.4. The highest BCUT2D eigenvalue weighted by Crippen LogP contribution is 2.32. The van der Waals surface area contributed by atoms with Crippen LogP contribution in [0.5, 0.6) is 11.5 Å². The van der Waals surface area contributed by atoms with Crippen LogP contribution in [0.1, 0.15) is 275 Å². The third-order valence-electron chi connectivity index (χ3n) is 13.8. The van der Waals surface area contributed by atoms with Crippen molar-refractivity contribution in [2.24, 2.45) is 35.5 Å². The van der Waals surface area contributed by atoms with Gasteiger partial charge in [0, 0.05) is 12.7 Å². The second-order valence-electron chi connectivity index (χ2n) is 22.9. The number of phenolic OH excluding ortho intramolecular Hbond substituents is 2. The van der Waals surface area contributed by atoms with Crippen molar-refractivity contribution in [3.05, 3.63) is 150 Å². The van der Waals surface area contributed by atoms with Gasteiger partial charge in [0.25, 0.3) is 11.4 Å². The van der Waals surface area contributed by atoms with E-state index in [0.29, 0.717) is 23.5 Å². The van der Waals surface area contributed by atoms with Gasteiger partial charge in [-0.1, -0.05) is 299 Å². The van der Waals surface area contributed by atoms with Crippen molar-refractivity contribution in [3.63, 3.8) is 0 Å². The molecule has 11 heteroatoms. The van der Waals surface area contributed by atoms with Crippen molar-refractivity contribution >= 4 is 45.7 Å². The largest absolute Gasteiger partial charge is 0.508 e. The number of nitro benzene ring substituents is 2. The van der Waals surface area contributed by atoms with Crippen molar-refractivity contribution in [1.82, 2.24) is 0 Å². The number of halogens is 1. The third kappa shape index (κ3) is 62.3. The first-order chi connectivity index (χ1) is 41.3. The summed E-state index contributed by atoms with van der Waals surface area (Å²) >= 11 is 3.29. The fourth-order valence-corrected chi connectivity index (χ4v) is 7.77. The number of rotatable bonds is 16. The standard InChI is InChI=1S/C10H11NO3.C10H11NO2.C9H11BrO.C8H16.C8H18.C7H8.C6H14.C5H10.C5H12.C3H8O.C3H8.C2H5N/c1-2-3-4-8-5-6-9(12)7-10(8)11(13)14;1-2-3-6-9-7-4-5-8-10(9)11(12)13;1-3-7-4-6(2)9(11)8(10)5-7;1-2-8-6-4-3-5-7-8;1-5-7(3)8(4)6-2;1-7-5-3-2-4-6-7;1-4-5-6(2)3;1-2-5-3-4-5;1-4-5(2)3;1-2-3-4;1-3-2;1-2-3/h3-7,12H,2H2,1H3;3-8H,2H2,1H3;4-5,11H,3H2,1-2H3;8H,2-7H2,1H3;7-8H,5-6H2,1-4H3;2-6H,1H3;6H,4-5H2,1-3H3;5H,2-4H2,1H3;5H,4H2,1-3H3;4H,2-3H2,1H3;3H2,1-2H3;2-3H,1H3/b4-3-;6-3-;;;;;;;;;;. The van der Waals surface area contributed by atoms with Crippen LogP contribution in [0, 0.1) is 75.0 Å². The van der Waals surface area contributed by atoms with Crippen molar-refractivity contribution in [2.45, 2.75) is 267 Å². The quantitative estimate of drug-likeness (QED) is 0.0491. The molecule has 4 N–H and O–H groups in total. The predicted octanol–water partition coefficient (Wildman–Crippen LogP) is 25.6. The maximum absolute atomic E-state index is 10.6. The van der Waals surface area contributed by atoms with E-state index in [0.717, 1.165) is 77.3 Å². The second-order valence-corrected chi connectivity index (χ2v) is 23.8. The lowest BCUT2D eigenvalue weighted by atomic mass is 9.88. The number of hydrogen-bond donors (Lipinski definition) is 4. The monoisotopic (exact) mass is 1280 g/mol. The van der Waals surface area contributed by atoms with Gasteiger partial charge in [-0.2, -0.15) is 0 Å². The van der Waals surface area contributed by atoms with Crippen LogP contribution in [-0.4, -0.2) is 38.0 Å². The molecule has 0 heterocycles. The molecule has 0 radical (unpaired) electrons. The molecule has 2 atom stereocenters. The Kier molecular flexibility index (Phi) is 71.4. The van der Waals surface area contributed by atoms with Gasteiger partial charge in [0.05, 0.1) is 31.5 Å². The molecule has 2 unspecified atom stereocenters. The number of nitro groups is 2. The number of phenols is 2. The number of hydrogen-bond acceptors (Lipinski definition) is 8. The summed E-state index contributed by atoms with van der Waals surface area (Å²) in [6.07, 6.45) is 33.3. The van der Waals surface area contributed by atoms with Gasteiger partial charge in [-0.25, -0.2) is 0 Å². The van der Waals surface area contributed by atoms with E-state index in [1.807, 2.05) is 70.2 Å². The molecule has 6 rings (SSSR count). The van der Waals surface area contributed by atoms with E-state index in [1.165, 1.54) is 132 Å². The number of benzene rings is 4. The highest BCUT2D eigenvalue weighted by molar-refractivity contribution is 9.10. The summed E-state index contributed by atoms with van der Waals surface area (Å²) in [6.45, 7) is 45.3. The van der Waals surface area contributed by atoms with Gasteiger partial charge in [0.2, 0.25) is 0 Å². The highest BCUT2D eigenvalue weighted by Gasteiger charge is 2.17. The van der Waals surface area contributed by atoms with Gasteiger partial charge >= 0.3 is 0 Å². The van der Waals surface area contributed by atoms with Gasteiger partial charge in [0.1, 0.15) is 11.5 Å². The number of nitrogens with one attached hydrogen (secondary N) is 1. The van der Waals surface area contributed by atoms with E-state index in [1.54, 1.807) is 37.3 Å². The van der Waals surface area contributed by atoms with Gasteiger partial charge in [-0.3, -0.25) is 20.2 Å². The first kappa shape index (κ1) is 93.0. The zero-order chi connectivity index (χ0) is 68.0. The molecular weight excluding hydrogens is 1150 g/mol. The van der Waals surface area contributed by atoms with Crippen LogP contribution in [-0.2, 0) is 6.42 Å². The Morgan fingerprint density at radius 2 is 1.02 bits per heavy atom. The average Bonchev–Trinajstić information content (AvgIpc) is 4.50. The van der Waals surface area contributed by atoms with Gasteiger partial charge in [-0.15, -0.1) is 0 Å². The SMILES string of the molecule is CC/C=C\c1ccc(O)cc1[N+](=O)[O-].CC/C=C\c1ccccc1[N+](=O)[O-].CC=N.CCC.CCC(C)C.CCC(C)C(C)CC.CCC1CC1.CCC1CCCCC1.CCCC(C)C.CCCO.CCc1cc(C)c(O)c(Br)c1.Cc1ccccc1. The minimum absolute atomic E-state index is 0.0744. The molecule has 4 aromatic rings. The fraction of sp³-hybridized carbons (Fsp3) is 0.618. The first-order valence-corrected chi connectivity index (χ1v) is 34.2. The molecule has 2 saturated carbocycles. The Hall–Kier alpha value is -5.13. The third-order valence-corrected chi connectivity index (χ3v) is 14.4. The summed E-state index contributed by atoms with van der Waals surface area (Å²) in [5, 5.41) is 53.6. The summed E-state index contributed by atoms with van der Waals surface area (Å²) < 4.78 is 0.786. The highest BCUT2D eigenvalue weighted by atomic mass is 79.9. The van der Waals surface area contributed by atoms with Crippen LogP contribution < -0.4 is 0 Å². The molecule has 0 bridgehead atoms. The number of aromatic hydroxyl groups is 2. The zero-order valence-electron chi connectivity index (χ0n) is 59.3. The molecule has 0 aliphatic heterocycles. The van der Waals surface area contributed by atoms with E-state index in [2.05, 4.69) is 139 Å². The van der Waals surface area contributed by atoms with Crippen molar-refractivity contribution in [3.8, 4) is 11.5 Å². The maximum Gasteiger partial charge on any atom is 0.280 e. The number of aliphatic hydroxyl groups is 1. The van der Waals surface area contributed by atoms with E-state index < -0.39 is 4.92 Å². The molecule has 500 valence electrons. The van der Waals surface area contributed by atoms with Crippen LogP contribution in [0.25, 0.3) is 12.2 Å². The number of aliphatic hydroxyl groups excluding tert-OH is 1. The smallest absolute Gasteiger partial charge is 0.280 e. The lowest BCUT2D eigenvalue weighted by molar-refractivity contribution is -0.385. The van der Waals surface area contributed by atoms with E-state index in [9.17, 15) is 25.3 Å². The zero-order valence-corrected chi connectivity index (χ0v) is 60.9. The molecule has 0 amide bonds. The minimum atomic E-state index is -0.505. The number of allylic oxidation sites excluding steroid dienone is 2. The molecule has 87 heavy (non-hydrogen) atoms. The molecule has 4 aromatic carbocycles. The van der Waals surface area contributed by atoms with Crippen LogP contribution in [0.4, 0.5) is 11.4 Å². The Morgan fingerprint density at radius 1 is 0.598 bits per heavy atom. The van der Waals surface area contributed by atoms with E-state index in [-0.39, 0.29) is 22.0 Å². The summed E-state index contributed by atoms with van der Waals surface area (Å²) in [7, 11) is 0. The summed E-state index contributed by atoms with van der Waals surface area (Å²) in [6, 6.07) is 25.0. The first-order valence-electron chi connectivity index (χ1n) is 33.4. The number of para-hydroxylation sites is 1. The molecule has 0 saturated heterocycles. The molecule has 2 fully saturated rings. The Bertz CT molecular complexity index is 2180. The molecule has 2 aliphatic rings. The van der Waals surface area contributed by atoms with Crippen LogP contribution in [0.2, 0.25) is 0 Å². The summed E-state index contributed by atoms with van der Waals surface area (Å²) in [4.78, 5) is 20.3. The summed E-state index contributed by atoms with van der Waals surface area (Å²) in [5.41, 5.74) is 4.75. The molecule has 0 aromatic heterocycles. The van der Waals surface area contributed by atoms with Gasteiger partial charge < -0.3 is 20.7 Å². The Balaban J connectivity index is -0.000000212.